The summed E-state index contributed by atoms with van der Waals surface area (Å²) < 4.78 is 10.5. The van der Waals surface area contributed by atoms with Crippen molar-refractivity contribution in [3.05, 3.63) is 23.2 Å². The van der Waals surface area contributed by atoms with Gasteiger partial charge in [-0.15, -0.1) is 0 Å². The molecule has 1 heterocycles. The molecule has 7 heteroatoms. The van der Waals surface area contributed by atoms with E-state index in [2.05, 4.69) is 17.3 Å². The highest BCUT2D eigenvalue weighted by Gasteiger charge is 2.21. The zero-order valence-electron chi connectivity index (χ0n) is 15.3. The minimum atomic E-state index is -0.127. The molecule has 0 spiro atoms. The number of halogens is 1. The van der Waals surface area contributed by atoms with E-state index >= 15 is 0 Å². The summed E-state index contributed by atoms with van der Waals surface area (Å²) in [5.41, 5.74) is 0.654. The molecule has 140 valence electrons. The maximum absolute atomic E-state index is 12.4. The number of nitrogens with one attached hydrogen (secondary N) is 1. The predicted octanol–water partition coefficient (Wildman–Crippen LogP) is 3.17. The molecule has 0 bridgehead atoms. The first-order valence-electron chi connectivity index (χ1n) is 8.61. The number of carbonyl (C=O) groups is 1. The molecule has 0 aromatic heterocycles. The summed E-state index contributed by atoms with van der Waals surface area (Å²) in [6.45, 7) is 3.86. The normalized spacial score (nSPS) is 18.0. The predicted molar refractivity (Wildman–Crippen MR) is 101 cm³/mol. The number of ether oxygens (including phenoxy) is 2. The van der Waals surface area contributed by atoms with Crippen LogP contribution in [0, 0.1) is 5.92 Å². The lowest BCUT2D eigenvalue weighted by atomic mass is 9.98. The summed E-state index contributed by atoms with van der Waals surface area (Å²) in [6, 6.07) is 5.11. The molecule has 0 saturated carbocycles. The Morgan fingerprint density at radius 2 is 2.24 bits per heavy atom. The van der Waals surface area contributed by atoms with Gasteiger partial charge in [-0.1, -0.05) is 11.6 Å². The minimum absolute atomic E-state index is 0.127. The van der Waals surface area contributed by atoms with Crippen molar-refractivity contribution < 1.29 is 14.3 Å². The molecule has 6 nitrogen and oxygen atoms in total. The molecule has 1 atom stereocenters. The van der Waals surface area contributed by atoms with E-state index in [0.717, 1.165) is 19.6 Å². The van der Waals surface area contributed by atoms with Crippen LogP contribution < -0.4 is 10.1 Å². The van der Waals surface area contributed by atoms with Gasteiger partial charge in [-0.05, 0) is 50.6 Å². The fraction of sp³-hybridized carbons (Fsp3) is 0.611. The van der Waals surface area contributed by atoms with Gasteiger partial charge < -0.3 is 24.6 Å². The van der Waals surface area contributed by atoms with Crippen molar-refractivity contribution in [1.29, 1.82) is 0 Å². The van der Waals surface area contributed by atoms with E-state index in [0.29, 0.717) is 35.6 Å². The van der Waals surface area contributed by atoms with E-state index in [1.807, 2.05) is 7.05 Å². The van der Waals surface area contributed by atoms with Crippen molar-refractivity contribution in [3.8, 4) is 5.75 Å². The van der Waals surface area contributed by atoms with Crippen LogP contribution in [0.2, 0.25) is 5.02 Å². The lowest BCUT2D eigenvalue weighted by molar-refractivity contribution is 0.146. The molecule has 1 aliphatic heterocycles. The smallest absolute Gasteiger partial charge is 0.321 e. The molecule has 1 unspecified atom stereocenters. The highest BCUT2D eigenvalue weighted by Crippen LogP contribution is 2.28. The molecule has 1 aliphatic rings. The average Bonchev–Trinajstić information content (AvgIpc) is 2.57. The fourth-order valence-corrected chi connectivity index (χ4v) is 3.28. The van der Waals surface area contributed by atoms with Crippen molar-refractivity contribution in [2.45, 2.75) is 12.8 Å². The second-order valence-electron chi connectivity index (χ2n) is 6.57. The Morgan fingerprint density at radius 1 is 1.44 bits per heavy atom. The van der Waals surface area contributed by atoms with Gasteiger partial charge in [0.2, 0.25) is 0 Å². The number of likely N-dealkylation sites (tertiary alicyclic amines) is 1. The third-order valence-corrected chi connectivity index (χ3v) is 4.62. The summed E-state index contributed by atoms with van der Waals surface area (Å²) in [5, 5.41) is 3.35. The number of urea groups is 1. The number of methoxy groups -OCH3 is 1. The Bertz CT molecular complexity index is 570. The third-order valence-electron chi connectivity index (χ3n) is 4.33. The second kappa shape index (κ2) is 9.85. The Labute approximate surface area is 155 Å². The number of hydrogen-bond acceptors (Lipinski definition) is 4. The first-order chi connectivity index (χ1) is 12.0. The van der Waals surface area contributed by atoms with Crippen LogP contribution in [0.3, 0.4) is 0 Å². The van der Waals surface area contributed by atoms with Gasteiger partial charge in [-0.3, -0.25) is 0 Å². The van der Waals surface area contributed by atoms with Crippen molar-refractivity contribution in [2.24, 2.45) is 5.92 Å². The van der Waals surface area contributed by atoms with Gasteiger partial charge in [-0.25, -0.2) is 4.79 Å². The number of benzene rings is 1. The summed E-state index contributed by atoms with van der Waals surface area (Å²) in [6.07, 6.45) is 2.36. The Balaban J connectivity index is 1.85. The van der Waals surface area contributed by atoms with Gasteiger partial charge in [0.25, 0.3) is 0 Å². The SMILES string of the molecule is COCCOc1ccc(NC(=O)N(C)CC2CCCN(C)C2)cc1Cl. The number of carbonyl (C=O) groups excluding carboxylic acids is 1. The molecule has 1 N–H and O–H groups in total. The lowest BCUT2D eigenvalue weighted by Gasteiger charge is -2.32. The third kappa shape index (κ3) is 6.38. The van der Waals surface area contributed by atoms with Crippen molar-refractivity contribution in [1.82, 2.24) is 9.80 Å². The fourth-order valence-electron chi connectivity index (χ4n) is 3.04. The van der Waals surface area contributed by atoms with E-state index in [4.69, 9.17) is 21.1 Å². The number of rotatable bonds is 7. The van der Waals surface area contributed by atoms with Crippen LogP contribution in [0.5, 0.6) is 5.75 Å². The highest BCUT2D eigenvalue weighted by atomic mass is 35.5. The monoisotopic (exact) mass is 369 g/mol. The van der Waals surface area contributed by atoms with Crippen LogP contribution in [0.1, 0.15) is 12.8 Å². The van der Waals surface area contributed by atoms with Gasteiger partial charge in [0, 0.05) is 32.9 Å². The molecule has 0 radical (unpaired) electrons. The van der Waals surface area contributed by atoms with Gasteiger partial charge >= 0.3 is 6.03 Å². The molecule has 1 aromatic rings. The van der Waals surface area contributed by atoms with E-state index in [1.165, 1.54) is 12.8 Å². The summed E-state index contributed by atoms with van der Waals surface area (Å²) in [4.78, 5) is 16.4. The first-order valence-corrected chi connectivity index (χ1v) is 8.99. The minimum Gasteiger partial charge on any atom is -0.490 e. The van der Waals surface area contributed by atoms with Crippen molar-refractivity contribution in [2.75, 3.05) is 59.4 Å². The zero-order chi connectivity index (χ0) is 18.2. The number of amides is 2. The average molecular weight is 370 g/mol. The number of hydrogen-bond donors (Lipinski definition) is 1. The summed E-state index contributed by atoms with van der Waals surface area (Å²) >= 11 is 6.21. The van der Waals surface area contributed by atoms with Gasteiger partial charge in [0.15, 0.2) is 0 Å². The van der Waals surface area contributed by atoms with Crippen LogP contribution in [-0.4, -0.2) is 69.9 Å². The first kappa shape index (κ1) is 19.8. The quantitative estimate of drug-likeness (QED) is 0.750. The van der Waals surface area contributed by atoms with E-state index < -0.39 is 0 Å². The number of piperidine rings is 1. The molecule has 1 saturated heterocycles. The molecule has 25 heavy (non-hydrogen) atoms. The molecule has 2 amide bonds. The van der Waals surface area contributed by atoms with Crippen LogP contribution in [0.4, 0.5) is 10.5 Å². The lowest BCUT2D eigenvalue weighted by Crippen LogP contribution is -2.41. The van der Waals surface area contributed by atoms with E-state index in [-0.39, 0.29) is 6.03 Å². The summed E-state index contributed by atoms with van der Waals surface area (Å²) in [7, 11) is 5.57. The summed E-state index contributed by atoms with van der Waals surface area (Å²) in [5.74, 6) is 1.10. The largest absolute Gasteiger partial charge is 0.490 e. The number of anilines is 1. The van der Waals surface area contributed by atoms with Crippen LogP contribution in [0.25, 0.3) is 0 Å². The maximum Gasteiger partial charge on any atom is 0.321 e. The Morgan fingerprint density at radius 3 is 2.92 bits per heavy atom. The van der Waals surface area contributed by atoms with Crippen LogP contribution >= 0.6 is 11.6 Å². The molecule has 0 aliphatic carbocycles. The van der Waals surface area contributed by atoms with Crippen molar-refractivity contribution >= 4 is 23.3 Å². The molecule has 1 aromatic carbocycles. The van der Waals surface area contributed by atoms with Gasteiger partial charge in [0.05, 0.1) is 11.6 Å². The molecular weight excluding hydrogens is 342 g/mol. The Kier molecular flexibility index (Phi) is 7.81. The van der Waals surface area contributed by atoms with E-state index in [9.17, 15) is 4.79 Å². The van der Waals surface area contributed by atoms with Crippen molar-refractivity contribution in [3.63, 3.8) is 0 Å². The standard InChI is InChI=1S/C18H28ClN3O3/c1-21-8-4-5-14(12-21)13-22(2)18(23)20-15-6-7-17(16(19)11-15)25-10-9-24-3/h6-7,11,14H,4-5,8-10,12-13H2,1-3H3,(H,20,23). The highest BCUT2D eigenvalue weighted by molar-refractivity contribution is 6.32. The molecule has 2 rings (SSSR count). The molecule has 1 fully saturated rings. The number of nitrogens with zero attached hydrogens (tertiary/aromatic N) is 2. The van der Waals surface area contributed by atoms with Crippen LogP contribution in [0.15, 0.2) is 18.2 Å². The Hall–Kier alpha value is -1.50. The maximum atomic E-state index is 12.4. The molecular formula is C18H28ClN3O3. The second-order valence-corrected chi connectivity index (χ2v) is 6.97. The topological polar surface area (TPSA) is 54.0 Å². The van der Waals surface area contributed by atoms with Crippen LogP contribution in [-0.2, 0) is 4.74 Å². The van der Waals surface area contributed by atoms with E-state index in [1.54, 1.807) is 30.2 Å². The van der Waals surface area contributed by atoms with Gasteiger partial charge in [0.1, 0.15) is 12.4 Å². The zero-order valence-corrected chi connectivity index (χ0v) is 16.0. The van der Waals surface area contributed by atoms with Gasteiger partial charge in [-0.2, -0.15) is 0 Å².